The molecular weight excluding hydrogens is 644 g/mol. The van der Waals surface area contributed by atoms with Crippen molar-refractivity contribution in [3.05, 3.63) is 46.3 Å². The van der Waals surface area contributed by atoms with Gasteiger partial charge in [-0.15, -0.1) is 11.3 Å². The summed E-state index contributed by atoms with van der Waals surface area (Å²) in [7, 11) is 1.33. The summed E-state index contributed by atoms with van der Waals surface area (Å²) in [6, 6.07) is 8.77. The number of aliphatic hydroxyl groups excluding tert-OH is 1. The van der Waals surface area contributed by atoms with Gasteiger partial charge >= 0.3 is 18.2 Å². The lowest BCUT2D eigenvalue weighted by atomic mass is 9.81. The first kappa shape index (κ1) is 40.2. The number of hydrogen-bond donors (Lipinski definition) is 4. The quantitative estimate of drug-likeness (QED) is 0.124. The Morgan fingerprint density at radius 3 is 2.35 bits per heavy atom. The number of aromatic nitrogens is 1. The van der Waals surface area contributed by atoms with E-state index in [-0.39, 0.29) is 30.2 Å². The number of carbonyl (C=O) groups excluding carboxylic acids is 2. The fourth-order valence-corrected chi connectivity index (χ4v) is 7.38. The molecule has 0 radical (unpaired) electrons. The number of methoxy groups -OCH3 is 1. The van der Waals surface area contributed by atoms with Crippen molar-refractivity contribution < 1.29 is 34.1 Å². The smallest absolute Gasteiger partial charge is 0.413 e. The van der Waals surface area contributed by atoms with Gasteiger partial charge in [-0.2, -0.15) is 0 Å². The zero-order valence-electron chi connectivity index (χ0n) is 30.3. The lowest BCUT2D eigenvalue weighted by molar-refractivity contribution is -0.145. The molecule has 1 saturated carbocycles. The first-order chi connectivity index (χ1) is 23.2. The molecule has 1 aliphatic rings. The Labute approximate surface area is 296 Å². The average Bonchev–Trinajstić information content (AvgIpc) is 3.54. The highest BCUT2D eigenvalue weighted by atomic mass is 32.1. The number of anilines is 1. The topological polar surface area (TPSA) is 150 Å². The molecule has 6 atom stereocenters. The maximum Gasteiger partial charge on any atom is 0.413 e. The highest BCUT2D eigenvalue weighted by Gasteiger charge is 2.33. The van der Waals surface area contributed by atoms with Crippen molar-refractivity contribution in [2.24, 2.45) is 17.8 Å². The molecule has 274 valence electrons. The van der Waals surface area contributed by atoms with Gasteiger partial charge in [0.05, 0.1) is 13.0 Å². The summed E-state index contributed by atoms with van der Waals surface area (Å²) in [6.07, 6.45) is 4.91. The summed E-state index contributed by atoms with van der Waals surface area (Å²) >= 11 is 1.23. The second kappa shape index (κ2) is 19.2. The number of amides is 2. The van der Waals surface area contributed by atoms with Crippen molar-refractivity contribution in [2.45, 2.75) is 129 Å². The van der Waals surface area contributed by atoms with Crippen molar-refractivity contribution in [2.75, 3.05) is 18.6 Å². The Morgan fingerprint density at radius 2 is 1.76 bits per heavy atom. The van der Waals surface area contributed by atoms with E-state index in [0.717, 1.165) is 37.7 Å². The average molecular weight is 703 g/mol. The van der Waals surface area contributed by atoms with Gasteiger partial charge in [0.15, 0.2) is 0 Å². The van der Waals surface area contributed by atoms with E-state index < -0.39 is 41.8 Å². The van der Waals surface area contributed by atoms with E-state index in [0.29, 0.717) is 30.3 Å². The summed E-state index contributed by atoms with van der Waals surface area (Å²) in [5.41, 5.74) is 0.334. The van der Waals surface area contributed by atoms with Crippen LogP contribution in [0.15, 0.2) is 35.7 Å². The number of hydrogen-bond acceptors (Lipinski definition) is 9. The molecule has 1 aromatic heterocycles. The molecule has 2 amide bonds. The maximum absolute atomic E-state index is 12.8. The number of nitrogens with zero attached hydrogens (tertiary/aromatic N) is 2. The van der Waals surface area contributed by atoms with Gasteiger partial charge in [0, 0.05) is 30.1 Å². The Morgan fingerprint density at radius 1 is 1.08 bits per heavy atom. The number of carbonyl (C=O) groups is 3. The molecular formula is C37H58N4O7S. The lowest BCUT2D eigenvalue weighted by Crippen LogP contribution is -2.51. The summed E-state index contributed by atoms with van der Waals surface area (Å²) in [5, 5.41) is 30.9. The second-order valence-corrected chi connectivity index (χ2v) is 15.4. The van der Waals surface area contributed by atoms with Crippen molar-refractivity contribution in [3.8, 4) is 0 Å². The van der Waals surface area contributed by atoms with Gasteiger partial charge in [-0.1, -0.05) is 76.8 Å². The molecule has 12 heteroatoms. The van der Waals surface area contributed by atoms with Crippen LogP contribution < -0.4 is 15.5 Å². The van der Waals surface area contributed by atoms with E-state index in [9.17, 15) is 24.6 Å². The van der Waals surface area contributed by atoms with E-state index in [1.54, 1.807) is 12.3 Å². The number of rotatable bonds is 17. The number of benzene rings is 1. The summed E-state index contributed by atoms with van der Waals surface area (Å²) in [5.74, 6) is -0.157. The standard InChI is InChI=1S/C37H58N4O7S/c1-8-24(2)30(39-35(44)48-37(4,5)6)22-38-29(27-17-13-10-14-18-27)21-31(42)33-40-32(23-49-33)41(36(45)46)28(19-25(3)34(43)47-7)20-26-15-11-9-12-16-26/h9,11-12,15-16,23-25,27-31,38,42H,8,10,13-14,17-22H2,1-7H3,(H,39,44)(H,45,46)/t24-,25?,28?,29+,30-,31+/m0/s1. The maximum atomic E-state index is 12.8. The van der Waals surface area contributed by atoms with Gasteiger partial charge in [-0.25, -0.2) is 14.6 Å². The van der Waals surface area contributed by atoms with Crippen molar-refractivity contribution >= 4 is 35.3 Å². The van der Waals surface area contributed by atoms with Gasteiger partial charge < -0.3 is 30.3 Å². The lowest BCUT2D eigenvalue weighted by Gasteiger charge is -2.34. The van der Waals surface area contributed by atoms with Gasteiger partial charge in [0.2, 0.25) is 0 Å². The largest absolute Gasteiger partial charge is 0.469 e. The minimum absolute atomic E-state index is 0.0306. The number of carboxylic acid groups (broad SMARTS) is 1. The van der Waals surface area contributed by atoms with Crippen LogP contribution in [0.5, 0.6) is 0 Å². The van der Waals surface area contributed by atoms with Crippen LogP contribution in [0.1, 0.15) is 110 Å². The number of esters is 1. The Kier molecular flexibility index (Phi) is 15.8. The molecule has 1 aromatic carbocycles. The molecule has 49 heavy (non-hydrogen) atoms. The van der Waals surface area contributed by atoms with E-state index >= 15 is 0 Å². The molecule has 1 fully saturated rings. The number of alkyl carbamates (subject to hydrolysis) is 1. The van der Waals surface area contributed by atoms with Crippen LogP contribution in [0.2, 0.25) is 0 Å². The number of aliphatic hydroxyl groups is 1. The zero-order chi connectivity index (χ0) is 36.1. The van der Waals surface area contributed by atoms with Crippen LogP contribution in [0.25, 0.3) is 0 Å². The molecule has 0 aliphatic heterocycles. The van der Waals surface area contributed by atoms with E-state index in [1.165, 1.54) is 29.8 Å². The van der Waals surface area contributed by atoms with Gasteiger partial charge in [-0.05, 0) is 70.3 Å². The Bertz CT molecular complexity index is 1310. The molecule has 2 unspecified atom stereocenters. The minimum atomic E-state index is -1.18. The normalized spacial score (nSPS) is 17.6. The van der Waals surface area contributed by atoms with Crippen LogP contribution in [0.4, 0.5) is 15.4 Å². The molecule has 11 nitrogen and oxygen atoms in total. The zero-order valence-corrected chi connectivity index (χ0v) is 31.1. The van der Waals surface area contributed by atoms with Gasteiger partial charge in [0.25, 0.3) is 0 Å². The number of ether oxygens (including phenoxy) is 2. The fraction of sp³-hybridized carbons (Fsp3) is 0.676. The third-order valence-corrected chi connectivity index (χ3v) is 10.4. The molecule has 2 aromatic rings. The van der Waals surface area contributed by atoms with E-state index in [1.807, 2.05) is 51.1 Å². The van der Waals surface area contributed by atoms with Crippen LogP contribution in [-0.4, -0.2) is 70.7 Å². The van der Waals surface area contributed by atoms with E-state index in [4.69, 9.17) is 9.47 Å². The van der Waals surface area contributed by atoms with Crippen molar-refractivity contribution in [1.29, 1.82) is 0 Å². The van der Waals surface area contributed by atoms with E-state index in [2.05, 4.69) is 29.5 Å². The van der Waals surface area contributed by atoms with Crippen molar-refractivity contribution in [3.63, 3.8) is 0 Å². The van der Waals surface area contributed by atoms with Gasteiger partial charge in [-0.3, -0.25) is 9.69 Å². The molecule has 1 aliphatic carbocycles. The highest BCUT2D eigenvalue weighted by molar-refractivity contribution is 7.10. The Balaban J connectivity index is 1.81. The van der Waals surface area contributed by atoms with Crippen LogP contribution in [0.3, 0.4) is 0 Å². The molecule has 0 saturated heterocycles. The highest BCUT2D eigenvalue weighted by Crippen LogP contribution is 2.34. The third-order valence-electron chi connectivity index (χ3n) is 9.49. The first-order valence-electron chi connectivity index (χ1n) is 17.7. The monoisotopic (exact) mass is 702 g/mol. The van der Waals surface area contributed by atoms with Crippen LogP contribution >= 0.6 is 11.3 Å². The molecule has 3 rings (SSSR count). The summed E-state index contributed by atoms with van der Waals surface area (Å²) in [6.45, 7) is 12.0. The van der Waals surface area contributed by atoms with Crippen molar-refractivity contribution in [1.82, 2.24) is 15.6 Å². The van der Waals surface area contributed by atoms with Crippen LogP contribution in [-0.2, 0) is 20.7 Å². The number of nitrogens with one attached hydrogen (secondary N) is 2. The third kappa shape index (κ3) is 12.9. The van der Waals surface area contributed by atoms with Gasteiger partial charge in [0.1, 0.15) is 22.5 Å². The predicted octanol–water partition coefficient (Wildman–Crippen LogP) is 7.34. The summed E-state index contributed by atoms with van der Waals surface area (Å²) in [4.78, 5) is 43.7. The fourth-order valence-electron chi connectivity index (χ4n) is 6.59. The second-order valence-electron chi connectivity index (χ2n) is 14.5. The van der Waals surface area contributed by atoms with Crippen LogP contribution in [0, 0.1) is 17.8 Å². The molecule has 4 N–H and O–H groups in total. The SMILES string of the molecule is CC[C@H](C)[C@H](CN[C@H](C[C@@H](O)c1nc(N(C(=O)O)C(Cc2ccccc2)CC(C)C(=O)OC)cs1)C1CCCCC1)NC(=O)OC(C)(C)C. The Hall–Kier alpha value is -3.22. The first-order valence-corrected chi connectivity index (χ1v) is 18.6. The predicted molar refractivity (Wildman–Crippen MR) is 193 cm³/mol. The molecule has 0 spiro atoms. The molecule has 1 heterocycles. The minimum Gasteiger partial charge on any atom is -0.469 e. The molecule has 0 bridgehead atoms. The number of thiazole rings is 1. The summed E-state index contributed by atoms with van der Waals surface area (Å²) < 4.78 is 10.5.